The molecule has 0 saturated carbocycles. The normalized spacial score (nSPS) is 26.7. The molecule has 0 radical (unpaired) electrons. The maximum Gasteiger partial charge on any atom is 0.411 e. The molecule has 0 aliphatic carbocycles. The van der Waals surface area contributed by atoms with Gasteiger partial charge in [0.2, 0.25) is 0 Å². The number of amides is 1. The highest BCUT2D eigenvalue weighted by molar-refractivity contribution is 5.69. The van der Waals surface area contributed by atoms with Gasteiger partial charge in [-0.2, -0.15) is 0 Å². The molecule has 1 aliphatic heterocycles. The molecule has 1 saturated heterocycles. The van der Waals surface area contributed by atoms with Crippen LogP contribution in [0.3, 0.4) is 0 Å². The standard InChI is InChI=1S/C5H10N2O2/c1-6-4-3-7(2)5(8)9-4/h4,6H,3H2,1-2H3. The third kappa shape index (κ3) is 1.13. The summed E-state index contributed by atoms with van der Waals surface area (Å²) in [5.41, 5.74) is 0. The Balaban J connectivity index is 2.44. The quantitative estimate of drug-likeness (QED) is 0.525. The number of ether oxygens (including phenoxy) is 1. The monoisotopic (exact) mass is 130 g/mol. The van der Waals surface area contributed by atoms with Crippen LogP contribution in [-0.2, 0) is 4.74 Å². The lowest BCUT2D eigenvalue weighted by molar-refractivity contribution is 0.123. The maximum atomic E-state index is 10.6. The summed E-state index contributed by atoms with van der Waals surface area (Å²) in [6.07, 6.45) is -0.378. The van der Waals surface area contributed by atoms with Gasteiger partial charge in [0.25, 0.3) is 0 Å². The molecule has 1 amide bonds. The average Bonchev–Trinajstić information content (AvgIpc) is 2.13. The second kappa shape index (κ2) is 2.23. The van der Waals surface area contributed by atoms with Gasteiger partial charge in [-0.3, -0.25) is 5.32 Å². The number of cyclic esters (lactones) is 1. The zero-order valence-electron chi connectivity index (χ0n) is 5.55. The van der Waals surface area contributed by atoms with Crippen LogP contribution in [0.25, 0.3) is 0 Å². The maximum absolute atomic E-state index is 10.6. The smallest absolute Gasteiger partial charge is 0.411 e. The summed E-state index contributed by atoms with van der Waals surface area (Å²) in [6, 6.07) is 0. The Hall–Kier alpha value is -0.770. The topological polar surface area (TPSA) is 41.6 Å². The first-order valence-electron chi connectivity index (χ1n) is 2.83. The Morgan fingerprint density at radius 2 is 2.56 bits per heavy atom. The predicted octanol–water partition coefficient (Wildman–Crippen LogP) is -0.386. The second-order valence-electron chi connectivity index (χ2n) is 2.04. The summed E-state index contributed by atoms with van der Waals surface area (Å²) in [6.45, 7) is 0.634. The molecule has 0 bridgehead atoms. The fraction of sp³-hybridized carbons (Fsp3) is 0.800. The van der Waals surface area contributed by atoms with Crippen molar-refractivity contribution in [3.63, 3.8) is 0 Å². The molecule has 1 aliphatic rings. The number of carbonyl (C=O) groups excluding carboxylic acids is 1. The first-order chi connectivity index (χ1) is 4.24. The van der Waals surface area contributed by atoms with Crippen molar-refractivity contribution in [3.05, 3.63) is 0 Å². The summed E-state index contributed by atoms with van der Waals surface area (Å²) in [5.74, 6) is 0. The van der Waals surface area contributed by atoms with Crippen molar-refractivity contribution >= 4 is 6.09 Å². The lowest BCUT2D eigenvalue weighted by Crippen LogP contribution is -2.28. The van der Waals surface area contributed by atoms with Crippen LogP contribution in [0.4, 0.5) is 4.79 Å². The number of hydrogen-bond donors (Lipinski definition) is 1. The summed E-state index contributed by atoms with van der Waals surface area (Å²) in [4.78, 5) is 12.1. The van der Waals surface area contributed by atoms with Crippen LogP contribution in [0.2, 0.25) is 0 Å². The number of nitrogens with zero attached hydrogens (tertiary/aromatic N) is 1. The molecule has 0 spiro atoms. The van der Waals surface area contributed by atoms with Crippen molar-refractivity contribution in [2.75, 3.05) is 20.6 Å². The minimum atomic E-state index is -0.255. The van der Waals surface area contributed by atoms with Crippen LogP contribution in [-0.4, -0.2) is 37.9 Å². The summed E-state index contributed by atoms with van der Waals surface area (Å²) < 4.78 is 4.80. The average molecular weight is 130 g/mol. The van der Waals surface area contributed by atoms with Crippen molar-refractivity contribution in [2.24, 2.45) is 0 Å². The Kier molecular flexibility index (Phi) is 1.57. The highest BCUT2D eigenvalue weighted by Gasteiger charge is 2.26. The fourth-order valence-electron chi connectivity index (χ4n) is 0.722. The molecule has 4 heteroatoms. The van der Waals surface area contributed by atoms with Crippen molar-refractivity contribution in [1.82, 2.24) is 10.2 Å². The zero-order valence-corrected chi connectivity index (χ0v) is 5.55. The van der Waals surface area contributed by atoms with Crippen LogP contribution < -0.4 is 5.32 Å². The van der Waals surface area contributed by atoms with Crippen molar-refractivity contribution in [1.29, 1.82) is 0 Å². The van der Waals surface area contributed by atoms with Crippen LogP contribution in [0.15, 0.2) is 0 Å². The van der Waals surface area contributed by atoms with Gasteiger partial charge in [-0.05, 0) is 7.05 Å². The van der Waals surface area contributed by atoms with E-state index in [2.05, 4.69) is 5.32 Å². The molecule has 52 valence electrons. The number of rotatable bonds is 1. The van der Waals surface area contributed by atoms with E-state index in [1.165, 1.54) is 4.90 Å². The molecule has 1 N–H and O–H groups in total. The van der Waals surface area contributed by atoms with E-state index >= 15 is 0 Å². The Labute approximate surface area is 53.8 Å². The van der Waals surface area contributed by atoms with Crippen LogP contribution in [0.5, 0.6) is 0 Å². The molecule has 1 atom stereocenters. The van der Waals surface area contributed by atoms with Crippen molar-refractivity contribution in [3.8, 4) is 0 Å². The van der Waals surface area contributed by atoms with E-state index in [4.69, 9.17) is 4.74 Å². The van der Waals surface area contributed by atoms with Crippen LogP contribution in [0, 0.1) is 0 Å². The SMILES string of the molecule is CNC1CN(C)C(=O)O1. The predicted molar refractivity (Wildman–Crippen MR) is 32.0 cm³/mol. The molecule has 9 heavy (non-hydrogen) atoms. The lowest BCUT2D eigenvalue weighted by atomic mass is 10.5. The number of hydrogen-bond acceptors (Lipinski definition) is 3. The molecule has 1 unspecified atom stereocenters. The number of likely N-dealkylation sites (N-methyl/N-ethyl adjacent to an activating group) is 2. The summed E-state index contributed by atoms with van der Waals surface area (Å²) >= 11 is 0. The highest BCUT2D eigenvalue weighted by Crippen LogP contribution is 2.04. The third-order valence-corrected chi connectivity index (χ3v) is 1.32. The Bertz CT molecular complexity index is 126. The minimum Gasteiger partial charge on any atom is -0.428 e. The Morgan fingerprint density at radius 3 is 2.78 bits per heavy atom. The van der Waals surface area contributed by atoms with E-state index in [9.17, 15) is 4.79 Å². The molecular weight excluding hydrogens is 120 g/mol. The Morgan fingerprint density at radius 1 is 1.89 bits per heavy atom. The van der Waals surface area contributed by atoms with E-state index in [-0.39, 0.29) is 12.3 Å². The van der Waals surface area contributed by atoms with Gasteiger partial charge in [-0.25, -0.2) is 4.79 Å². The van der Waals surface area contributed by atoms with Crippen molar-refractivity contribution in [2.45, 2.75) is 6.23 Å². The van der Waals surface area contributed by atoms with Crippen LogP contribution >= 0.6 is 0 Å². The van der Waals surface area contributed by atoms with E-state index < -0.39 is 0 Å². The molecular formula is C5H10N2O2. The largest absolute Gasteiger partial charge is 0.428 e. The molecule has 0 aromatic carbocycles. The van der Waals surface area contributed by atoms with E-state index in [0.29, 0.717) is 6.54 Å². The fourth-order valence-corrected chi connectivity index (χ4v) is 0.722. The first kappa shape index (κ1) is 6.35. The summed E-state index contributed by atoms with van der Waals surface area (Å²) in [7, 11) is 3.47. The van der Waals surface area contributed by atoms with Gasteiger partial charge in [0, 0.05) is 7.05 Å². The van der Waals surface area contributed by atoms with Gasteiger partial charge in [0.15, 0.2) is 6.23 Å². The van der Waals surface area contributed by atoms with Gasteiger partial charge >= 0.3 is 6.09 Å². The number of carbonyl (C=O) groups is 1. The first-order valence-corrected chi connectivity index (χ1v) is 2.83. The van der Waals surface area contributed by atoms with E-state index in [1.807, 2.05) is 0 Å². The minimum absolute atomic E-state index is 0.123. The van der Waals surface area contributed by atoms with Crippen LogP contribution in [0.1, 0.15) is 0 Å². The number of nitrogens with one attached hydrogen (secondary N) is 1. The van der Waals surface area contributed by atoms with Gasteiger partial charge < -0.3 is 9.64 Å². The molecule has 4 nitrogen and oxygen atoms in total. The van der Waals surface area contributed by atoms with Gasteiger partial charge in [-0.15, -0.1) is 0 Å². The lowest BCUT2D eigenvalue weighted by Gasteiger charge is -2.03. The zero-order chi connectivity index (χ0) is 6.85. The molecule has 0 aromatic rings. The van der Waals surface area contributed by atoms with Crippen molar-refractivity contribution < 1.29 is 9.53 Å². The second-order valence-corrected chi connectivity index (χ2v) is 2.04. The summed E-state index contributed by atoms with van der Waals surface area (Å²) in [5, 5.41) is 2.84. The van der Waals surface area contributed by atoms with Gasteiger partial charge in [-0.1, -0.05) is 0 Å². The molecule has 1 fully saturated rings. The highest BCUT2D eigenvalue weighted by atomic mass is 16.6. The third-order valence-electron chi connectivity index (χ3n) is 1.32. The molecule has 0 aromatic heterocycles. The van der Waals surface area contributed by atoms with E-state index in [1.54, 1.807) is 14.1 Å². The molecule has 1 rings (SSSR count). The van der Waals surface area contributed by atoms with Gasteiger partial charge in [0.05, 0.1) is 6.54 Å². The van der Waals surface area contributed by atoms with E-state index in [0.717, 1.165) is 0 Å². The van der Waals surface area contributed by atoms with Gasteiger partial charge in [0.1, 0.15) is 0 Å². The molecule has 1 heterocycles.